The lowest BCUT2D eigenvalue weighted by Crippen LogP contribution is -2.26. The maximum atomic E-state index is 12.1. The van der Waals surface area contributed by atoms with Crippen molar-refractivity contribution in [3.8, 4) is 0 Å². The Bertz CT molecular complexity index is 1080. The van der Waals surface area contributed by atoms with Crippen LogP contribution in [-0.4, -0.2) is 15.3 Å². The highest BCUT2D eigenvalue weighted by atomic mass is 16.4. The van der Waals surface area contributed by atoms with E-state index < -0.39 is 11.4 Å². The molecule has 156 valence electrons. The highest BCUT2D eigenvalue weighted by molar-refractivity contribution is 5.75. The molecule has 0 radical (unpaired) electrons. The first-order valence-electron chi connectivity index (χ1n) is 9.79. The second-order valence-electron chi connectivity index (χ2n) is 6.54. The van der Waals surface area contributed by atoms with E-state index in [0.29, 0.717) is 24.0 Å². The highest BCUT2D eigenvalue weighted by Gasteiger charge is 2.13. The Morgan fingerprint density at radius 2 is 1.62 bits per heavy atom. The van der Waals surface area contributed by atoms with Crippen LogP contribution in [0.1, 0.15) is 56.5 Å². The summed E-state index contributed by atoms with van der Waals surface area (Å²) in [5.74, 6) is -0.432. The molecule has 0 saturated carbocycles. The zero-order valence-electron chi connectivity index (χ0n) is 18.3. The molecule has 0 bridgehead atoms. The van der Waals surface area contributed by atoms with Gasteiger partial charge in [0.1, 0.15) is 11.2 Å². The molecule has 0 aliphatic rings. The zero-order chi connectivity index (χ0) is 22.1. The number of fused-ring (bicyclic) bond motifs is 1. The minimum atomic E-state index is -0.686. The molecule has 0 saturated heterocycles. The third kappa shape index (κ3) is 6.52. The third-order valence-corrected chi connectivity index (χ3v) is 4.28. The van der Waals surface area contributed by atoms with Gasteiger partial charge >= 0.3 is 11.4 Å². The number of benzene rings is 1. The number of carbonyl (C=O) groups excluding carboxylic acids is 1. The number of nitrogens with zero attached hydrogens (tertiary/aromatic N) is 2. The van der Waals surface area contributed by atoms with Crippen LogP contribution in [0.3, 0.4) is 0 Å². The molecule has 3 rings (SSSR count). The van der Waals surface area contributed by atoms with Crippen molar-refractivity contribution in [2.45, 2.75) is 61.4 Å². The smallest absolute Gasteiger partial charge is 0.372 e. The van der Waals surface area contributed by atoms with Crippen molar-refractivity contribution >= 4 is 16.8 Å². The minimum Gasteiger partial charge on any atom is -0.372 e. The summed E-state index contributed by atoms with van der Waals surface area (Å²) in [5, 5.41) is 0.329. The van der Waals surface area contributed by atoms with Gasteiger partial charge in [0.15, 0.2) is 5.65 Å². The molecule has 1 aromatic carbocycles. The molecule has 0 aliphatic carbocycles. The topological polar surface area (TPSA) is 82.2 Å². The highest BCUT2D eigenvalue weighted by Crippen LogP contribution is 2.13. The number of ketones is 1. The standard InChI is InChI=1S/C17H16N2O3.C4H8O.C2H6/c1-10-4-6-13(7-5-10)9-19-15-14(16(20)22-17(19)21)8-11(2)12(3)18-15;1-3-4(2)5;1-2/h4-8H,9H2,1-3H3;3H2,1-2H3;1-2H3. The van der Waals surface area contributed by atoms with E-state index in [9.17, 15) is 14.4 Å². The SMILES string of the molecule is CC.CCC(C)=O.Cc1ccc(Cn2c(=O)oc(=O)c3cc(C)c(C)nc32)cc1. The monoisotopic (exact) mass is 398 g/mol. The molecule has 6 nitrogen and oxygen atoms in total. The fourth-order valence-electron chi connectivity index (χ4n) is 2.34. The van der Waals surface area contributed by atoms with Gasteiger partial charge in [0.2, 0.25) is 0 Å². The lowest BCUT2D eigenvalue weighted by molar-refractivity contribution is -0.116. The number of hydrogen-bond acceptors (Lipinski definition) is 5. The Morgan fingerprint density at radius 1 is 1.07 bits per heavy atom. The van der Waals surface area contributed by atoms with Crippen LogP contribution >= 0.6 is 0 Å². The average molecular weight is 399 g/mol. The van der Waals surface area contributed by atoms with Gasteiger partial charge in [0.05, 0.1) is 6.54 Å². The molecule has 0 spiro atoms. The van der Waals surface area contributed by atoms with Crippen LogP contribution in [-0.2, 0) is 11.3 Å². The minimum absolute atomic E-state index is 0.255. The summed E-state index contributed by atoms with van der Waals surface area (Å²) in [4.78, 5) is 38.2. The first-order chi connectivity index (χ1) is 13.7. The molecule has 2 aromatic heterocycles. The summed E-state index contributed by atoms with van der Waals surface area (Å²) in [7, 11) is 0. The van der Waals surface area contributed by atoms with E-state index in [4.69, 9.17) is 4.42 Å². The molecule has 0 atom stereocenters. The van der Waals surface area contributed by atoms with Gasteiger partial charge in [0, 0.05) is 12.1 Å². The molecule has 29 heavy (non-hydrogen) atoms. The van der Waals surface area contributed by atoms with E-state index in [1.54, 1.807) is 13.0 Å². The van der Waals surface area contributed by atoms with Gasteiger partial charge in [-0.05, 0) is 44.9 Å². The number of rotatable bonds is 3. The largest absolute Gasteiger partial charge is 0.423 e. The molecule has 6 heteroatoms. The number of aromatic nitrogens is 2. The second-order valence-corrected chi connectivity index (χ2v) is 6.54. The molecule has 0 amide bonds. The fraction of sp³-hybridized carbons (Fsp3) is 0.391. The van der Waals surface area contributed by atoms with Gasteiger partial charge in [-0.25, -0.2) is 14.6 Å². The van der Waals surface area contributed by atoms with E-state index in [1.807, 2.05) is 65.8 Å². The Kier molecular flexibility index (Phi) is 9.19. The molecule has 0 aliphatic heterocycles. The van der Waals surface area contributed by atoms with Crippen LogP contribution in [0.2, 0.25) is 0 Å². The van der Waals surface area contributed by atoms with Crippen molar-refractivity contribution in [1.29, 1.82) is 0 Å². The van der Waals surface area contributed by atoms with Gasteiger partial charge in [-0.1, -0.05) is 50.6 Å². The average Bonchev–Trinajstić information content (AvgIpc) is 2.70. The van der Waals surface area contributed by atoms with E-state index in [0.717, 1.165) is 22.4 Å². The molecule has 3 aromatic rings. The maximum absolute atomic E-state index is 12.1. The Labute approximate surface area is 171 Å². The van der Waals surface area contributed by atoms with Crippen LogP contribution in [0.5, 0.6) is 0 Å². The Morgan fingerprint density at radius 3 is 2.14 bits per heavy atom. The van der Waals surface area contributed by atoms with Crippen molar-refractivity contribution in [1.82, 2.24) is 9.55 Å². The third-order valence-electron chi connectivity index (χ3n) is 4.28. The second kappa shape index (κ2) is 11.1. The molecular weight excluding hydrogens is 368 g/mol. The lowest BCUT2D eigenvalue weighted by atomic mass is 10.1. The lowest BCUT2D eigenvalue weighted by Gasteiger charge is -2.09. The van der Waals surface area contributed by atoms with Crippen molar-refractivity contribution in [2.75, 3.05) is 0 Å². The van der Waals surface area contributed by atoms with Crippen molar-refractivity contribution in [2.24, 2.45) is 0 Å². The van der Waals surface area contributed by atoms with E-state index in [-0.39, 0.29) is 5.78 Å². The summed E-state index contributed by atoms with van der Waals surface area (Å²) in [5.41, 5.74) is 3.49. The van der Waals surface area contributed by atoms with E-state index in [1.165, 1.54) is 4.57 Å². The van der Waals surface area contributed by atoms with Crippen LogP contribution in [0.15, 0.2) is 44.3 Å². The molecule has 0 fully saturated rings. The normalized spacial score (nSPS) is 9.90. The van der Waals surface area contributed by atoms with Crippen LogP contribution in [0.4, 0.5) is 0 Å². The Balaban J connectivity index is 0.000000527. The van der Waals surface area contributed by atoms with Crippen molar-refractivity contribution in [3.05, 3.63) is 73.7 Å². The van der Waals surface area contributed by atoms with Crippen LogP contribution in [0.25, 0.3) is 11.0 Å². The zero-order valence-corrected chi connectivity index (χ0v) is 18.3. The summed E-state index contributed by atoms with van der Waals surface area (Å²) in [6.45, 7) is 13.5. The summed E-state index contributed by atoms with van der Waals surface area (Å²) < 4.78 is 6.22. The number of Topliss-reactive ketones (excluding diaryl/α,β-unsaturated/α-hetero) is 1. The number of aryl methyl sites for hydroxylation is 3. The summed E-state index contributed by atoms with van der Waals surface area (Å²) in [6.07, 6.45) is 0.667. The first-order valence-corrected chi connectivity index (χ1v) is 9.79. The summed E-state index contributed by atoms with van der Waals surface area (Å²) in [6, 6.07) is 9.56. The predicted molar refractivity (Wildman–Crippen MR) is 117 cm³/mol. The number of carbonyl (C=O) groups is 1. The first kappa shape index (κ1) is 24.0. The maximum Gasteiger partial charge on any atom is 0.423 e. The molecule has 0 N–H and O–H groups in total. The Hall–Kier alpha value is -3.02. The van der Waals surface area contributed by atoms with Gasteiger partial charge in [-0.15, -0.1) is 0 Å². The van der Waals surface area contributed by atoms with Crippen LogP contribution < -0.4 is 11.4 Å². The van der Waals surface area contributed by atoms with Gasteiger partial charge < -0.3 is 9.21 Å². The van der Waals surface area contributed by atoms with E-state index in [2.05, 4.69) is 4.98 Å². The fourth-order valence-corrected chi connectivity index (χ4v) is 2.34. The van der Waals surface area contributed by atoms with Gasteiger partial charge in [0.25, 0.3) is 0 Å². The number of hydrogen-bond donors (Lipinski definition) is 0. The molecular formula is C23H30N2O4. The van der Waals surface area contributed by atoms with Crippen molar-refractivity contribution < 1.29 is 9.21 Å². The van der Waals surface area contributed by atoms with E-state index >= 15 is 0 Å². The van der Waals surface area contributed by atoms with Crippen LogP contribution in [0, 0.1) is 20.8 Å². The van der Waals surface area contributed by atoms with Gasteiger partial charge in [-0.3, -0.25) is 4.57 Å². The molecule has 2 heterocycles. The van der Waals surface area contributed by atoms with Crippen molar-refractivity contribution in [3.63, 3.8) is 0 Å². The summed E-state index contributed by atoms with van der Waals surface area (Å²) >= 11 is 0. The number of pyridine rings is 1. The van der Waals surface area contributed by atoms with Gasteiger partial charge in [-0.2, -0.15) is 0 Å². The predicted octanol–water partition coefficient (Wildman–Crippen LogP) is 4.33. The quantitative estimate of drug-likeness (QED) is 0.656. The molecule has 0 unspecified atom stereocenters.